The Labute approximate surface area is 69.5 Å². The van der Waals surface area contributed by atoms with Crippen LogP contribution in [0.2, 0.25) is 0 Å². The Morgan fingerprint density at radius 1 is 0.833 bits per heavy atom. The minimum atomic E-state index is 0. The summed E-state index contributed by atoms with van der Waals surface area (Å²) in [6.45, 7) is 0. The van der Waals surface area contributed by atoms with E-state index < -0.39 is 0 Å². The molecule has 0 aliphatic heterocycles. The summed E-state index contributed by atoms with van der Waals surface area (Å²) in [4.78, 5) is 0. The molecular weight excluding hydrogens is 327 g/mol. The van der Waals surface area contributed by atoms with E-state index in [9.17, 15) is 0 Å². The van der Waals surface area contributed by atoms with Crippen molar-refractivity contribution in [2.24, 2.45) is 0 Å². The topological polar surface area (TPSA) is 20.2 Å². The number of rotatable bonds is 0. The van der Waals surface area contributed by atoms with Gasteiger partial charge in [-0.1, -0.05) is 0 Å². The van der Waals surface area contributed by atoms with E-state index in [1.165, 1.54) is 0 Å². The van der Waals surface area contributed by atoms with Crippen LogP contribution in [0.25, 0.3) is 0 Å². The summed E-state index contributed by atoms with van der Waals surface area (Å²) < 4.78 is 0. The van der Waals surface area contributed by atoms with Crippen molar-refractivity contribution in [3.63, 3.8) is 0 Å². The SMILES string of the molecule is CO.Cl.Cl.Cl.[Ir]. The van der Waals surface area contributed by atoms with Crippen molar-refractivity contribution < 1.29 is 25.2 Å². The second-order valence-electron chi connectivity index (χ2n) is 0. The van der Waals surface area contributed by atoms with E-state index in [4.69, 9.17) is 5.11 Å². The second kappa shape index (κ2) is 88.9. The van der Waals surface area contributed by atoms with E-state index in [1.807, 2.05) is 0 Å². The number of hydrogen-bond donors (Lipinski definition) is 1. The third kappa shape index (κ3) is 50.2. The Kier molecular flexibility index (Phi) is 757. The zero-order valence-electron chi connectivity index (χ0n) is 3.01. The predicted octanol–water partition coefficient (Wildman–Crippen LogP) is 0.871. The summed E-state index contributed by atoms with van der Waals surface area (Å²) in [5.41, 5.74) is 0. The molecule has 1 radical (unpaired) electrons. The van der Waals surface area contributed by atoms with Gasteiger partial charge in [0.1, 0.15) is 0 Å². The largest absolute Gasteiger partial charge is 0.400 e. The fourth-order valence-corrected chi connectivity index (χ4v) is 0. The number of hydrogen-bond acceptors (Lipinski definition) is 1. The van der Waals surface area contributed by atoms with E-state index in [0.29, 0.717) is 0 Å². The average Bonchev–Trinajstić information content (AvgIpc) is 1.00. The fraction of sp³-hybridized carbons (Fsp3) is 1.00. The van der Waals surface area contributed by atoms with Gasteiger partial charge in [0.05, 0.1) is 0 Å². The van der Waals surface area contributed by atoms with Crippen LogP contribution < -0.4 is 0 Å². The molecule has 0 rings (SSSR count). The van der Waals surface area contributed by atoms with Gasteiger partial charge in [-0.05, 0) is 0 Å². The first kappa shape index (κ1) is 51.1. The number of aliphatic hydroxyl groups is 1. The minimum Gasteiger partial charge on any atom is -0.400 e. The Hall–Kier alpha value is 1.48. The molecule has 0 spiro atoms. The summed E-state index contributed by atoms with van der Waals surface area (Å²) in [5, 5.41) is 7.00. The van der Waals surface area contributed by atoms with Crippen molar-refractivity contribution in [3.8, 4) is 0 Å². The van der Waals surface area contributed by atoms with Gasteiger partial charge in [-0.2, -0.15) is 0 Å². The van der Waals surface area contributed by atoms with Crippen molar-refractivity contribution in [2.45, 2.75) is 0 Å². The standard InChI is InChI=1S/CH4O.3ClH.Ir/c1-2;;;;/h2H,1H3;3*1H;. The molecule has 0 aromatic carbocycles. The van der Waals surface area contributed by atoms with Gasteiger partial charge in [0.15, 0.2) is 0 Å². The molecule has 0 unspecified atom stereocenters. The van der Waals surface area contributed by atoms with Crippen LogP contribution >= 0.6 is 37.2 Å². The molecular formula is CH7Cl3IrO. The third-order valence-electron chi connectivity index (χ3n) is 0. The van der Waals surface area contributed by atoms with Gasteiger partial charge in [-0.15, -0.1) is 37.2 Å². The van der Waals surface area contributed by atoms with Crippen molar-refractivity contribution in [1.29, 1.82) is 0 Å². The van der Waals surface area contributed by atoms with Gasteiger partial charge in [0.2, 0.25) is 0 Å². The Bertz CT molecular complexity index is 10.8. The monoisotopic (exact) mass is 333 g/mol. The zero-order valence-corrected chi connectivity index (χ0v) is 7.85. The van der Waals surface area contributed by atoms with Gasteiger partial charge < -0.3 is 5.11 Å². The van der Waals surface area contributed by atoms with Crippen LogP contribution in [-0.2, 0) is 20.1 Å². The van der Waals surface area contributed by atoms with Gasteiger partial charge in [0, 0.05) is 27.2 Å². The van der Waals surface area contributed by atoms with Gasteiger partial charge in [0.25, 0.3) is 0 Å². The molecule has 0 saturated heterocycles. The molecule has 0 aromatic rings. The molecule has 5 heteroatoms. The maximum absolute atomic E-state index is 7.00. The van der Waals surface area contributed by atoms with E-state index >= 15 is 0 Å². The maximum Gasteiger partial charge on any atom is 0.0319 e. The molecule has 0 aliphatic rings. The zero-order chi connectivity index (χ0) is 2.00. The summed E-state index contributed by atoms with van der Waals surface area (Å²) in [5.74, 6) is 0. The van der Waals surface area contributed by atoms with E-state index in [0.717, 1.165) is 7.11 Å². The van der Waals surface area contributed by atoms with E-state index in [2.05, 4.69) is 0 Å². The van der Waals surface area contributed by atoms with Gasteiger partial charge in [-0.25, -0.2) is 0 Å². The molecule has 0 atom stereocenters. The van der Waals surface area contributed by atoms with Crippen LogP contribution in [0.5, 0.6) is 0 Å². The normalized spacial score (nSPS) is 1.00. The van der Waals surface area contributed by atoms with E-state index in [1.54, 1.807) is 0 Å². The molecule has 47 valence electrons. The molecule has 0 bridgehead atoms. The third-order valence-corrected chi connectivity index (χ3v) is 0. The molecule has 0 aliphatic carbocycles. The second-order valence-corrected chi connectivity index (χ2v) is 0. The van der Waals surface area contributed by atoms with Crippen LogP contribution in [0.4, 0.5) is 0 Å². The van der Waals surface area contributed by atoms with Crippen LogP contribution in [0.15, 0.2) is 0 Å². The first-order valence-electron chi connectivity index (χ1n) is 0.447. The number of halogens is 3. The Balaban J connectivity index is -0.000000000833. The van der Waals surface area contributed by atoms with Crippen molar-refractivity contribution in [1.82, 2.24) is 0 Å². The summed E-state index contributed by atoms with van der Waals surface area (Å²) in [7, 11) is 1.00. The molecule has 6 heavy (non-hydrogen) atoms. The first-order valence-corrected chi connectivity index (χ1v) is 0.447. The van der Waals surface area contributed by atoms with Crippen LogP contribution in [0.1, 0.15) is 0 Å². The summed E-state index contributed by atoms with van der Waals surface area (Å²) in [6.07, 6.45) is 0. The molecule has 0 amide bonds. The van der Waals surface area contributed by atoms with Crippen molar-refractivity contribution in [2.75, 3.05) is 7.11 Å². The van der Waals surface area contributed by atoms with Crippen molar-refractivity contribution in [3.05, 3.63) is 0 Å². The van der Waals surface area contributed by atoms with Gasteiger partial charge in [-0.3, -0.25) is 0 Å². The van der Waals surface area contributed by atoms with E-state index in [-0.39, 0.29) is 57.3 Å². The van der Waals surface area contributed by atoms with Gasteiger partial charge >= 0.3 is 0 Å². The molecule has 1 N–H and O–H groups in total. The smallest absolute Gasteiger partial charge is 0.0319 e. The molecule has 0 heterocycles. The van der Waals surface area contributed by atoms with Crippen LogP contribution in [-0.4, -0.2) is 12.2 Å². The van der Waals surface area contributed by atoms with Crippen LogP contribution in [0.3, 0.4) is 0 Å². The summed E-state index contributed by atoms with van der Waals surface area (Å²) in [6, 6.07) is 0. The predicted molar refractivity (Wildman–Crippen MR) is 29.9 cm³/mol. The quantitative estimate of drug-likeness (QED) is 0.697. The van der Waals surface area contributed by atoms with Crippen molar-refractivity contribution >= 4 is 37.2 Å². The molecule has 1 nitrogen and oxygen atoms in total. The molecule has 0 aromatic heterocycles. The minimum absolute atomic E-state index is 0. The Morgan fingerprint density at radius 3 is 0.833 bits per heavy atom. The summed E-state index contributed by atoms with van der Waals surface area (Å²) >= 11 is 0. The number of aliphatic hydroxyl groups excluding tert-OH is 1. The maximum atomic E-state index is 7.00. The molecule has 0 saturated carbocycles. The first-order chi connectivity index (χ1) is 1.00. The average molecular weight is 334 g/mol. The van der Waals surface area contributed by atoms with Crippen LogP contribution in [0, 0.1) is 0 Å². The Morgan fingerprint density at radius 2 is 0.833 bits per heavy atom. The fourth-order valence-electron chi connectivity index (χ4n) is 0. The molecule has 0 fully saturated rings.